The van der Waals surface area contributed by atoms with Crippen molar-refractivity contribution in [3.05, 3.63) is 58.2 Å². The average Bonchev–Trinajstić information content (AvgIpc) is 2.46. The lowest BCUT2D eigenvalue weighted by molar-refractivity contribution is -0.137. The fourth-order valence-corrected chi connectivity index (χ4v) is 1.82. The van der Waals surface area contributed by atoms with Crippen LogP contribution in [0.15, 0.2) is 36.4 Å². The van der Waals surface area contributed by atoms with E-state index < -0.39 is 11.7 Å². The fourth-order valence-electron chi connectivity index (χ4n) is 1.67. The van der Waals surface area contributed by atoms with E-state index in [1.54, 1.807) is 12.1 Å². The van der Waals surface area contributed by atoms with Crippen LogP contribution < -0.4 is 5.32 Å². The Hall–Kier alpha value is -2.26. The number of anilines is 1. The van der Waals surface area contributed by atoms with Crippen LogP contribution in [0, 0.1) is 11.3 Å². The summed E-state index contributed by atoms with van der Waals surface area (Å²) in [6, 6.07) is 9.88. The van der Waals surface area contributed by atoms with Crippen LogP contribution in [0.5, 0.6) is 0 Å². The average molecular weight is 312 g/mol. The molecule has 0 aliphatic carbocycles. The summed E-state index contributed by atoms with van der Waals surface area (Å²) in [5, 5.41) is 11.9. The Kier molecular flexibility index (Phi) is 4.34. The van der Waals surface area contributed by atoms with Crippen molar-refractivity contribution in [2.45, 2.75) is 12.7 Å². The quantitative estimate of drug-likeness (QED) is 0.922. The lowest BCUT2D eigenvalue weighted by Crippen LogP contribution is -2.07. The first-order valence-corrected chi connectivity index (χ1v) is 6.24. The van der Waals surface area contributed by atoms with Gasteiger partial charge in [-0.15, -0.1) is 0 Å². The Bertz CT molecular complexity index is 693. The second kappa shape index (κ2) is 6.02. The largest absolute Gasteiger partial charge is 0.416 e. The highest BCUT2D eigenvalue weighted by Gasteiger charge is 2.30. The minimum atomic E-state index is -4.37. The Morgan fingerprint density at radius 3 is 2.67 bits per heavy atom. The molecule has 3 nitrogen and oxygen atoms in total. The number of alkyl halides is 3. The number of nitrogens with one attached hydrogen (secondary N) is 1. The van der Waals surface area contributed by atoms with Gasteiger partial charge in [-0.05, 0) is 29.8 Å². The van der Waals surface area contributed by atoms with Crippen molar-refractivity contribution in [1.29, 1.82) is 5.26 Å². The zero-order valence-electron chi connectivity index (χ0n) is 10.6. The van der Waals surface area contributed by atoms with Crippen molar-refractivity contribution in [2.75, 3.05) is 5.32 Å². The number of halogens is 4. The van der Waals surface area contributed by atoms with Gasteiger partial charge in [0.25, 0.3) is 0 Å². The minimum Gasteiger partial charge on any atom is -0.366 e. The standard InChI is InChI=1S/C14H9ClF3N3/c15-11-4-5-13(21-12(11)7-19)20-8-9-2-1-3-10(6-9)14(16,17)18/h1-6H,8H2,(H,20,21). The van der Waals surface area contributed by atoms with Crippen LogP contribution in [-0.4, -0.2) is 4.98 Å². The van der Waals surface area contributed by atoms with E-state index in [0.717, 1.165) is 12.1 Å². The first-order chi connectivity index (χ1) is 9.90. The summed E-state index contributed by atoms with van der Waals surface area (Å²) >= 11 is 5.75. The van der Waals surface area contributed by atoms with Crippen LogP contribution in [0.4, 0.5) is 19.0 Å². The molecule has 1 aromatic carbocycles. The van der Waals surface area contributed by atoms with Crippen LogP contribution in [0.3, 0.4) is 0 Å². The van der Waals surface area contributed by atoms with Gasteiger partial charge in [0.2, 0.25) is 0 Å². The number of aromatic nitrogens is 1. The molecule has 0 unspecified atom stereocenters. The molecule has 1 heterocycles. The Morgan fingerprint density at radius 1 is 1.24 bits per heavy atom. The molecule has 0 amide bonds. The van der Waals surface area contributed by atoms with Crippen LogP contribution >= 0.6 is 11.6 Å². The van der Waals surface area contributed by atoms with E-state index in [-0.39, 0.29) is 17.3 Å². The molecule has 0 atom stereocenters. The molecular formula is C14H9ClF3N3. The van der Waals surface area contributed by atoms with Crippen molar-refractivity contribution in [3.8, 4) is 6.07 Å². The summed E-state index contributed by atoms with van der Waals surface area (Å²) < 4.78 is 37.8. The molecule has 0 bridgehead atoms. The Morgan fingerprint density at radius 2 is 2.00 bits per heavy atom. The summed E-state index contributed by atoms with van der Waals surface area (Å²) in [5.41, 5.74) is -0.186. The third-order valence-electron chi connectivity index (χ3n) is 2.68. The molecule has 0 saturated carbocycles. The van der Waals surface area contributed by atoms with Gasteiger partial charge < -0.3 is 5.32 Å². The molecule has 1 N–H and O–H groups in total. The third-order valence-corrected chi connectivity index (χ3v) is 2.98. The van der Waals surface area contributed by atoms with Crippen LogP contribution in [0.25, 0.3) is 0 Å². The zero-order chi connectivity index (χ0) is 15.5. The molecule has 0 aliphatic rings. The van der Waals surface area contributed by atoms with E-state index in [0.29, 0.717) is 11.4 Å². The topological polar surface area (TPSA) is 48.7 Å². The van der Waals surface area contributed by atoms with E-state index in [1.807, 2.05) is 6.07 Å². The van der Waals surface area contributed by atoms with Gasteiger partial charge >= 0.3 is 6.18 Å². The first-order valence-electron chi connectivity index (χ1n) is 5.87. The number of hydrogen-bond donors (Lipinski definition) is 1. The summed E-state index contributed by atoms with van der Waals surface area (Å²) in [6.07, 6.45) is -4.37. The molecule has 0 fully saturated rings. The molecule has 2 aromatic rings. The van der Waals surface area contributed by atoms with Crippen molar-refractivity contribution in [1.82, 2.24) is 4.98 Å². The minimum absolute atomic E-state index is 0.0608. The van der Waals surface area contributed by atoms with Gasteiger partial charge in [-0.1, -0.05) is 23.7 Å². The third kappa shape index (κ3) is 3.86. The van der Waals surface area contributed by atoms with Gasteiger partial charge in [-0.2, -0.15) is 18.4 Å². The maximum absolute atomic E-state index is 12.6. The van der Waals surface area contributed by atoms with Gasteiger partial charge in [0.15, 0.2) is 5.69 Å². The number of rotatable bonds is 3. The van der Waals surface area contributed by atoms with E-state index in [2.05, 4.69) is 10.3 Å². The monoisotopic (exact) mass is 311 g/mol. The van der Waals surface area contributed by atoms with Gasteiger partial charge in [-0.25, -0.2) is 4.98 Å². The highest BCUT2D eigenvalue weighted by Crippen LogP contribution is 2.29. The van der Waals surface area contributed by atoms with E-state index >= 15 is 0 Å². The van der Waals surface area contributed by atoms with Gasteiger partial charge in [0, 0.05) is 6.54 Å². The predicted octanol–water partition coefficient (Wildman–Crippen LogP) is 4.24. The maximum Gasteiger partial charge on any atom is 0.416 e. The van der Waals surface area contributed by atoms with Crippen molar-refractivity contribution in [2.24, 2.45) is 0 Å². The van der Waals surface area contributed by atoms with E-state index in [1.165, 1.54) is 12.1 Å². The highest BCUT2D eigenvalue weighted by molar-refractivity contribution is 6.31. The number of hydrogen-bond acceptors (Lipinski definition) is 3. The molecule has 0 radical (unpaired) electrons. The molecule has 0 saturated heterocycles. The molecule has 2 rings (SSSR count). The smallest absolute Gasteiger partial charge is 0.366 e. The summed E-state index contributed by atoms with van der Waals surface area (Å²) in [7, 11) is 0. The van der Waals surface area contributed by atoms with Crippen LogP contribution in [-0.2, 0) is 12.7 Å². The fraction of sp³-hybridized carbons (Fsp3) is 0.143. The summed E-state index contributed by atoms with van der Waals surface area (Å²) in [5.74, 6) is 0.369. The van der Waals surface area contributed by atoms with Gasteiger partial charge in [-0.3, -0.25) is 0 Å². The second-order valence-electron chi connectivity index (χ2n) is 4.19. The lowest BCUT2D eigenvalue weighted by Gasteiger charge is -2.10. The molecule has 7 heteroatoms. The molecule has 0 spiro atoms. The number of benzene rings is 1. The Labute approximate surface area is 124 Å². The predicted molar refractivity (Wildman–Crippen MR) is 72.7 cm³/mol. The molecular weight excluding hydrogens is 303 g/mol. The number of pyridine rings is 1. The lowest BCUT2D eigenvalue weighted by atomic mass is 10.1. The zero-order valence-corrected chi connectivity index (χ0v) is 11.3. The van der Waals surface area contributed by atoms with Crippen molar-refractivity contribution in [3.63, 3.8) is 0 Å². The van der Waals surface area contributed by atoms with Crippen LogP contribution in [0.1, 0.15) is 16.8 Å². The highest BCUT2D eigenvalue weighted by atomic mass is 35.5. The van der Waals surface area contributed by atoms with Gasteiger partial charge in [0.05, 0.1) is 10.6 Å². The first kappa shape index (κ1) is 15.1. The molecule has 108 valence electrons. The van der Waals surface area contributed by atoms with E-state index in [4.69, 9.17) is 16.9 Å². The van der Waals surface area contributed by atoms with Gasteiger partial charge in [0.1, 0.15) is 11.9 Å². The summed E-state index contributed by atoms with van der Waals surface area (Å²) in [4.78, 5) is 3.95. The maximum atomic E-state index is 12.6. The molecule has 1 aromatic heterocycles. The van der Waals surface area contributed by atoms with Crippen molar-refractivity contribution >= 4 is 17.4 Å². The van der Waals surface area contributed by atoms with Crippen molar-refractivity contribution < 1.29 is 13.2 Å². The summed E-state index contributed by atoms with van der Waals surface area (Å²) in [6.45, 7) is 0.156. The second-order valence-corrected chi connectivity index (χ2v) is 4.60. The Balaban J connectivity index is 2.12. The number of nitriles is 1. The number of nitrogens with zero attached hydrogens (tertiary/aromatic N) is 2. The SMILES string of the molecule is N#Cc1nc(NCc2cccc(C(F)(F)F)c2)ccc1Cl. The normalized spacial score (nSPS) is 11.0. The van der Waals surface area contributed by atoms with E-state index in [9.17, 15) is 13.2 Å². The molecule has 21 heavy (non-hydrogen) atoms. The van der Waals surface area contributed by atoms with Crippen LogP contribution in [0.2, 0.25) is 5.02 Å². The molecule has 0 aliphatic heterocycles.